The average molecular weight is 567 g/mol. The minimum absolute atomic E-state index is 0. The van der Waals surface area contributed by atoms with Crippen LogP contribution in [0.1, 0.15) is 24.4 Å². The quantitative estimate of drug-likeness (QED) is 0.197. The first-order chi connectivity index (χ1) is 14.8. The summed E-state index contributed by atoms with van der Waals surface area (Å²) < 4.78 is 16.7. The Bertz CT molecular complexity index is 655. The molecule has 1 aromatic rings. The zero-order valence-corrected chi connectivity index (χ0v) is 21.4. The summed E-state index contributed by atoms with van der Waals surface area (Å²) in [6.45, 7) is 8.17. The van der Waals surface area contributed by atoms with Gasteiger partial charge in [-0.05, 0) is 30.5 Å². The van der Waals surface area contributed by atoms with Crippen molar-refractivity contribution in [2.75, 3.05) is 72.9 Å². The highest BCUT2D eigenvalue weighted by molar-refractivity contribution is 14.0. The van der Waals surface area contributed by atoms with Gasteiger partial charge in [0.05, 0.1) is 32.5 Å². The van der Waals surface area contributed by atoms with Crippen molar-refractivity contribution in [1.29, 1.82) is 0 Å². The highest BCUT2D eigenvalue weighted by atomic mass is 127. The fraction of sp³-hybridized carbons (Fsp3) is 0.682. The van der Waals surface area contributed by atoms with E-state index in [1.54, 1.807) is 7.05 Å². The van der Waals surface area contributed by atoms with Crippen LogP contribution in [0.2, 0.25) is 5.02 Å². The van der Waals surface area contributed by atoms with Crippen LogP contribution in [0.15, 0.2) is 29.3 Å². The molecule has 2 atom stereocenters. The highest BCUT2D eigenvalue weighted by Crippen LogP contribution is 2.24. The zero-order valence-electron chi connectivity index (χ0n) is 18.4. The van der Waals surface area contributed by atoms with Gasteiger partial charge in [-0.25, -0.2) is 0 Å². The average Bonchev–Trinajstić information content (AvgIpc) is 3.29. The minimum Gasteiger partial charge on any atom is -0.381 e. The topological polar surface area (TPSA) is 67.4 Å². The monoisotopic (exact) mass is 566 g/mol. The molecule has 2 heterocycles. The molecule has 0 aliphatic carbocycles. The van der Waals surface area contributed by atoms with Crippen LogP contribution < -0.4 is 10.6 Å². The molecule has 2 unspecified atom stereocenters. The molecular weight excluding hydrogens is 531 g/mol. The van der Waals surface area contributed by atoms with E-state index in [0.29, 0.717) is 5.92 Å². The lowest BCUT2D eigenvalue weighted by Gasteiger charge is -2.35. The molecule has 2 aliphatic heterocycles. The number of hydrogen-bond acceptors (Lipinski definition) is 5. The summed E-state index contributed by atoms with van der Waals surface area (Å²) in [5.41, 5.74) is 1.21. The van der Waals surface area contributed by atoms with Gasteiger partial charge in [0.15, 0.2) is 5.96 Å². The van der Waals surface area contributed by atoms with Gasteiger partial charge in [0.25, 0.3) is 0 Å². The third-order valence-electron chi connectivity index (χ3n) is 5.54. The summed E-state index contributed by atoms with van der Waals surface area (Å²) >= 11 is 6.25. The maximum absolute atomic E-state index is 6.25. The van der Waals surface area contributed by atoms with Crippen LogP contribution in [0, 0.1) is 5.92 Å². The Balaban J connectivity index is 0.00000341. The lowest BCUT2D eigenvalue weighted by Crippen LogP contribution is -2.46. The maximum atomic E-state index is 6.25. The van der Waals surface area contributed by atoms with Crippen LogP contribution in [0.3, 0.4) is 0 Å². The van der Waals surface area contributed by atoms with E-state index in [-0.39, 0.29) is 30.0 Å². The Morgan fingerprint density at radius 1 is 1.26 bits per heavy atom. The van der Waals surface area contributed by atoms with Crippen molar-refractivity contribution in [3.05, 3.63) is 34.9 Å². The van der Waals surface area contributed by atoms with E-state index < -0.39 is 0 Å². The van der Waals surface area contributed by atoms with Crippen LogP contribution in [-0.2, 0) is 14.2 Å². The normalized spacial score (nSPS) is 20.8. The second kappa shape index (κ2) is 15.2. The first kappa shape index (κ1) is 26.6. The molecule has 2 fully saturated rings. The largest absolute Gasteiger partial charge is 0.381 e. The molecule has 0 saturated carbocycles. The highest BCUT2D eigenvalue weighted by Gasteiger charge is 2.23. The Kier molecular flexibility index (Phi) is 13.1. The van der Waals surface area contributed by atoms with E-state index in [4.69, 9.17) is 25.8 Å². The van der Waals surface area contributed by atoms with Crippen LogP contribution in [0.5, 0.6) is 0 Å². The van der Waals surface area contributed by atoms with Crippen molar-refractivity contribution >= 4 is 41.5 Å². The molecule has 2 aliphatic rings. The number of rotatable bonds is 10. The number of nitrogens with one attached hydrogen (secondary N) is 2. The van der Waals surface area contributed by atoms with E-state index in [1.807, 2.05) is 18.2 Å². The van der Waals surface area contributed by atoms with Gasteiger partial charge in [0.1, 0.15) is 0 Å². The smallest absolute Gasteiger partial charge is 0.191 e. The minimum atomic E-state index is 0. The van der Waals surface area contributed by atoms with Crippen LogP contribution in [-0.4, -0.2) is 83.7 Å². The summed E-state index contributed by atoms with van der Waals surface area (Å²) in [6.07, 6.45) is 2.06. The van der Waals surface area contributed by atoms with Crippen LogP contribution >= 0.6 is 35.6 Å². The number of morpholine rings is 1. The lowest BCUT2D eigenvalue weighted by molar-refractivity contribution is 0.0170. The van der Waals surface area contributed by atoms with Crippen molar-refractivity contribution in [1.82, 2.24) is 15.5 Å². The fourth-order valence-electron chi connectivity index (χ4n) is 3.82. The lowest BCUT2D eigenvalue weighted by atomic mass is 10.0. The number of ether oxygens (including phenoxy) is 3. The van der Waals surface area contributed by atoms with Gasteiger partial charge in [-0.2, -0.15) is 0 Å². The summed E-state index contributed by atoms with van der Waals surface area (Å²) in [5, 5.41) is 7.62. The standard InChI is InChI=1S/C22H35ClN4O3.HI/c1-24-22(25-7-3-10-29-16-18-6-11-30-17-18)26-15-21(27-8-12-28-13-9-27)19-4-2-5-20(23)14-19;/h2,4-5,14,18,21H,3,6-13,15-17H2,1H3,(H2,24,25,26);1H. The Morgan fingerprint density at radius 2 is 2.10 bits per heavy atom. The predicted octanol–water partition coefficient (Wildman–Crippen LogP) is 2.94. The SMILES string of the molecule is CN=C(NCCCOCC1CCOC1)NCC(c1cccc(Cl)c1)N1CCOCC1.I. The number of benzene rings is 1. The van der Waals surface area contributed by atoms with E-state index in [9.17, 15) is 0 Å². The number of hydrogen-bond donors (Lipinski definition) is 2. The summed E-state index contributed by atoms with van der Waals surface area (Å²) in [4.78, 5) is 6.81. The van der Waals surface area contributed by atoms with E-state index in [1.165, 1.54) is 5.56 Å². The van der Waals surface area contributed by atoms with Crippen molar-refractivity contribution in [3.63, 3.8) is 0 Å². The van der Waals surface area contributed by atoms with Gasteiger partial charge in [-0.1, -0.05) is 23.7 Å². The molecule has 0 spiro atoms. The van der Waals surface area contributed by atoms with Gasteiger partial charge in [-0.3, -0.25) is 9.89 Å². The summed E-state index contributed by atoms with van der Waals surface area (Å²) in [7, 11) is 1.80. The second-order valence-electron chi connectivity index (χ2n) is 7.76. The second-order valence-corrected chi connectivity index (χ2v) is 8.19. The van der Waals surface area contributed by atoms with Gasteiger partial charge in [0.2, 0.25) is 0 Å². The summed E-state index contributed by atoms with van der Waals surface area (Å²) in [5.74, 6) is 1.37. The van der Waals surface area contributed by atoms with E-state index in [0.717, 1.165) is 89.6 Å². The third-order valence-corrected chi connectivity index (χ3v) is 5.78. The van der Waals surface area contributed by atoms with Gasteiger partial charge in [0, 0.05) is 57.4 Å². The molecule has 0 bridgehead atoms. The molecule has 7 nitrogen and oxygen atoms in total. The molecule has 31 heavy (non-hydrogen) atoms. The van der Waals surface area contributed by atoms with Crippen molar-refractivity contribution in [3.8, 4) is 0 Å². The third kappa shape index (κ3) is 9.39. The number of halogens is 2. The first-order valence-corrected chi connectivity index (χ1v) is 11.3. The maximum Gasteiger partial charge on any atom is 0.191 e. The fourth-order valence-corrected chi connectivity index (χ4v) is 4.02. The molecule has 3 rings (SSSR count). The molecule has 0 radical (unpaired) electrons. The number of aliphatic imine (C=N–C) groups is 1. The van der Waals surface area contributed by atoms with Crippen LogP contribution in [0.4, 0.5) is 0 Å². The Hall–Kier alpha value is -0.650. The van der Waals surface area contributed by atoms with Crippen molar-refractivity contribution in [2.45, 2.75) is 18.9 Å². The molecule has 0 aromatic heterocycles. The molecule has 176 valence electrons. The number of guanidine groups is 1. The van der Waals surface area contributed by atoms with Crippen molar-refractivity contribution < 1.29 is 14.2 Å². The Labute approximate surface area is 208 Å². The molecule has 1 aromatic carbocycles. The van der Waals surface area contributed by atoms with Crippen molar-refractivity contribution in [2.24, 2.45) is 10.9 Å². The zero-order chi connectivity index (χ0) is 21.0. The van der Waals surface area contributed by atoms with E-state index >= 15 is 0 Å². The first-order valence-electron chi connectivity index (χ1n) is 10.9. The number of nitrogens with zero attached hydrogens (tertiary/aromatic N) is 2. The molecular formula is C22H36ClIN4O3. The molecule has 2 N–H and O–H groups in total. The molecule has 2 saturated heterocycles. The van der Waals surface area contributed by atoms with E-state index in [2.05, 4.69) is 26.6 Å². The van der Waals surface area contributed by atoms with Gasteiger partial charge in [-0.15, -0.1) is 24.0 Å². The molecule has 0 amide bonds. The van der Waals surface area contributed by atoms with Gasteiger partial charge < -0.3 is 24.8 Å². The Morgan fingerprint density at radius 3 is 2.81 bits per heavy atom. The molecule has 9 heteroatoms. The summed E-state index contributed by atoms with van der Waals surface area (Å²) in [6, 6.07) is 8.32. The van der Waals surface area contributed by atoms with Crippen LogP contribution in [0.25, 0.3) is 0 Å². The predicted molar refractivity (Wildman–Crippen MR) is 136 cm³/mol. The van der Waals surface area contributed by atoms with Gasteiger partial charge >= 0.3 is 0 Å².